The van der Waals surface area contributed by atoms with E-state index in [2.05, 4.69) is 40.2 Å². The number of nitrogens with zero attached hydrogens (tertiary/aromatic N) is 4. The van der Waals surface area contributed by atoms with Gasteiger partial charge in [0.1, 0.15) is 0 Å². The second-order valence-electron chi connectivity index (χ2n) is 8.61. The van der Waals surface area contributed by atoms with Crippen LogP contribution in [0.1, 0.15) is 23.6 Å². The molecule has 2 aliphatic rings. The molecule has 1 atom stereocenters. The van der Waals surface area contributed by atoms with Gasteiger partial charge in [-0.05, 0) is 60.3 Å². The number of carbonyl (C=O) groups excluding carboxylic acids is 1. The Labute approximate surface area is 232 Å². The summed E-state index contributed by atoms with van der Waals surface area (Å²) in [6.45, 7) is 1.54. The van der Waals surface area contributed by atoms with E-state index in [1.54, 1.807) is 6.92 Å². The number of hydrazone groups is 2. The summed E-state index contributed by atoms with van der Waals surface area (Å²) >= 11 is 11.2. The Hall–Kier alpha value is -3.39. The zero-order valence-corrected chi connectivity index (χ0v) is 22.8. The fourth-order valence-corrected chi connectivity index (χ4v) is 6.23. The number of anilines is 2. The normalized spacial score (nSPS) is 18.5. The molecule has 0 N–H and O–H groups in total. The van der Waals surface area contributed by atoms with E-state index in [0.717, 1.165) is 38.2 Å². The van der Waals surface area contributed by atoms with Crippen LogP contribution in [-0.4, -0.2) is 16.5 Å². The summed E-state index contributed by atoms with van der Waals surface area (Å²) in [5, 5.41) is 15.0. The standard InChI is InChI=1S/C29H20BrClN4OS/c1-19(36)28-33-35(24-17-15-22(31)16-18-24)29(37-28)26-10-6-5-9-25(26)27(20-11-13-21(30)14-12-20)32-34(29)23-7-3-2-4-8-23/h2-18H,1H3/t29-/m1/s1. The van der Waals surface area contributed by atoms with Crippen molar-refractivity contribution in [2.24, 2.45) is 10.2 Å². The molecular weight excluding hydrogens is 568 g/mol. The summed E-state index contributed by atoms with van der Waals surface area (Å²) in [5.41, 5.74) is 5.45. The largest absolute Gasteiger partial charge is 0.292 e. The fraction of sp³-hybridized carbons (Fsp3) is 0.0690. The predicted molar refractivity (Wildman–Crippen MR) is 156 cm³/mol. The van der Waals surface area contributed by atoms with E-state index in [-0.39, 0.29) is 5.78 Å². The molecule has 0 amide bonds. The first-order valence-electron chi connectivity index (χ1n) is 11.6. The van der Waals surface area contributed by atoms with Gasteiger partial charge in [0.25, 0.3) is 0 Å². The number of hydrogen-bond donors (Lipinski definition) is 0. The fourth-order valence-electron chi connectivity index (χ4n) is 4.55. The van der Waals surface area contributed by atoms with E-state index >= 15 is 0 Å². The molecule has 0 saturated heterocycles. The van der Waals surface area contributed by atoms with Gasteiger partial charge in [0.15, 0.2) is 10.8 Å². The van der Waals surface area contributed by atoms with Gasteiger partial charge >= 0.3 is 0 Å². The van der Waals surface area contributed by atoms with Crippen LogP contribution in [0.3, 0.4) is 0 Å². The lowest BCUT2D eigenvalue weighted by molar-refractivity contribution is -0.110. The average Bonchev–Trinajstić information content (AvgIpc) is 3.32. The highest BCUT2D eigenvalue weighted by atomic mass is 79.9. The number of thioether (sulfide) groups is 1. The molecule has 4 aromatic carbocycles. The highest BCUT2D eigenvalue weighted by Crippen LogP contribution is 2.55. The number of halogens is 2. The van der Waals surface area contributed by atoms with Crippen LogP contribution in [0.5, 0.6) is 0 Å². The van der Waals surface area contributed by atoms with Gasteiger partial charge in [0, 0.05) is 33.1 Å². The molecule has 37 heavy (non-hydrogen) atoms. The Bertz CT molecular complexity index is 1560. The van der Waals surface area contributed by atoms with Gasteiger partial charge in [-0.3, -0.25) is 4.79 Å². The molecular formula is C29H20BrClN4OS. The number of carbonyl (C=O) groups is 1. The Morgan fingerprint density at radius 1 is 0.811 bits per heavy atom. The highest BCUT2D eigenvalue weighted by molar-refractivity contribution is 9.10. The van der Waals surface area contributed by atoms with Crippen LogP contribution in [0.25, 0.3) is 0 Å². The summed E-state index contributed by atoms with van der Waals surface area (Å²) < 4.78 is 0.997. The van der Waals surface area contributed by atoms with Crippen LogP contribution >= 0.6 is 39.3 Å². The van der Waals surface area contributed by atoms with Gasteiger partial charge in [-0.25, -0.2) is 10.0 Å². The molecule has 8 heteroatoms. The summed E-state index contributed by atoms with van der Waals surface area (Å²) in [5.74, 6) is -0.103. The van der Waals surface area contributed by atoms with Gasteiger partial charge < -0.3 is 0 Å². The third kappa shape index (κ3) is 4.07. The molecule has 0 fully saturated rings. The Morgan fingerprint density at radius 3 is 2.14 bits per heavy atom. The number of hydrogen-bond acceptors (Lipinski definition) is 6. The Morgan fingerprint density at radius 2 is 1.43 bits per heavy atom. The van der Waals surface area contributed by atoms with Crippen LogP contribution < -0.4 is 10.0 Å². The van der Waals surface area contributed by atoms with Crippen LogP contribution in [0, 0.1) is 0 Å². The van der Waals surface area contributed by atoms with Gasteiger partial charge in [-0.15, -0.1) is 0 Å². The van der Waals surface area contributed by atoms with Crippen molar-refractivity contribution in [2.75, 3.05) is 10.0 Å². The molecule has 1 spiro atoms. The lowest BCUT2D eigenvalue weighted by atomic mass is 9.93. The Kier molecular flexibility index (Phi) is 6.15. The monoisotopic (exact) mass is 586 g/mol. The SMILES string of the molecule is CC(=O)C1=NN(c2ccc(Cl)cc2)[C@@]2(S1)c1ccccc1C(c1ccc(Br)cc1)=NN2c1ccccc1. The van der Waals surface area contributed by atoms with Crippen molar-refractivity contribution < 1.29 is 4.79 Å². The van der Waals surface area contributed by atoms with E-state index in [4.69, 9.17) is 21.8 Å². The molecule has 0 radical (unpaired) electrons. The summed E-state index contributed by atoms with van der Waals surface area (Å²) in [4.78, 5) is 11.7. The van der Waals surface area contributed by atoms with Gasteiger partial charge in [-0.2, -0.15) is 10.2 Å². The van der Waals surface area contributed by atoms with Crippen LogP contribution in [-0.2, 0) is 9.79 Å². The summed E-state index contributed by atoms with van der Waals surface area (Å²) in [7, 11) is 0. The number of rotatable bonds is 4. The topological polar surface area (TPSA) is 48.3 Å². The number of Topliss-reactive ketones (excluding diaryl/α,β-unsaturated/α-hetero) is 1. The van der Waals surface area contributed by atoms with Crippen LogP contribution in [0.2, 0.25) is 5.02 Å². The van der Waals surface area contributed by atoms with Crippen molar-refractivity contribution in [1.82, 2.24) is 0 Å². The van der Waals surface area contributed by atoms with Crippen molar-refractivity contribution >= 4 is 67.2 Å². The second kappa shape index (κ2) is 9.49. The number of para-hydroxylation sites is 1. The van der Waals surface area contributed by atoms with Crippen molar-refractivity contribution in [2.45, 2.75) is 11.9 Å². The quantitative estimate of drug-likeness (QED) is 0.246. The smallest absolute Gasteiger partial charge is 0.234 e. The molecule has 0 aliphatic carbocycles. The van der Waals surface area contributed by atoms with Crippen molar-refractivity contribution in [3.63, 3.8) is 0 Å². The first kappa shape index (κ1) is 24.0. The second-order valence-corrected chi connectivity index (χ2v) is 11.1. The van der Waals surface area contributed by atoms with Gasteiger partial charge in [0.2, 0.25) is 4.99 Å². The number of fused-ring (bicyclic) bond motifs is 2. The van der Waals surface area contributed by atoms with Crippen molar-refractivity contribution in [3.05, 3.63) is 129 Å². The lowest BCUT2D eigenvalue weighted by Gasteiger charge is -2.47. The predicted octanol–water partition coefficient (Wildman–Crippen LogP) is 7.64. The first-order valence-corrected chi connectivity index (χ1v) is 13.6. The van der Waals surface area contributed by atoms with E-state index in [0.29, 0.717) is 10.1 Å². The van der Waals surface area contributed by atoms with Gasteiger partial charge in [-0.1, -0.05) is 82.1 Å². The Balaban J connectivity index is 1.66. The molecule has 0 unspecified atom stereocenters. The molecule has 0 saturated carbocycles. The molecule has 0 bridgehead atoms. The maximum atomic E-state index is 12.7. The third-order valence-corrected chi connectivity index (χ3v) is 8.42. The maximum Gasteiger partial charge on any atom is 0.234 e. The molecule has 5 nitrogen and oxygen atoms in total. The van der Waals surface area contributed by atoms with Crippen LogP contribution in [0.4, 0.5) is 11.4 Å². The molecule has 0 aromatic heterocycles. The molecule has 2 heterocycles. The third-order valence-electron chi connectivity index (χ3n) is 6.23. The van der Waals surface area contributed by atoms with E-state index in [9.17, 15) is 4.79 Å². The average molecular weight is 588 g/mol. The summed E-state index contributed by atoms with van der Waals surface area (Å²) in [6.07, 6.45) is 0. The van der Waals surface area contributed by atoms with Crippen LogP contribution in [0.15, 0.2) is 118 Å². The number of benzene rings is 4. The minimum atomic E-state index is -0.981. The summed E-state index contributed by atoms with van der Waals surface area (Å²) in [6, 6.07) is 33.8. The molecule has 182 valence electrons. The minimum absolute atomic E-state index is 0.103. The van der Waals surface area contributed by atoms with E-state index in [1.807, 2.05) is 88.9 Å². The number of ketones is 1. The zero-order chi connectivity index (χ0) is 25.6. The minimum Gasteiger partial charge on any atom is -0.292 e. The highest BCUT2D eigenvalue weighted by Gasteiger charge is 2.55. The molecule has 6 rings (SSSR count). The zero-order valence-electron chi connectivity index (χ0n) is 19.7. The lowest BCUT2D eigenvalue weighted by Crippen LogP contribution is -2.54. The maximum absolute atomic E-state index is 12.7. The van der Waals surface area contributed by atoms with Crippen molar-refractivity contribution in [1.29, 1.82) is 0 Å². The van der Waals surface area contributed by atoms with E-state index in [1.165, 1.54) is 11.8 Å². The van der Waals surface area contributed by atoms with Crippen molar-refractivity contribution in [3.8, 4) is 0 Å². The van der Waals surface area contributed by atoms with Gasteiger partial charge in [0.05, 0.1) is 17.1 Å². The first-order chi connectivity index (χ1) is 18.0. The van der Waals surface area contributed by atoms with E-state index < -0.39 is 4.99 Å². The molecule has 4 aromatic rings. The molecule has 2 aliphatic heterocycles.